The summed E-state index contributed by atoms with van der Waals surface area (Å²) >= 11 is 5.78. The zero-order valence-electron chi connectivity index (χ0n) is 15.9. The predicted octanol–water partition coefficient (Wildman–Crippen LogP) is 3.09. The summed E-state index contributed by atoms with van der Waals surface area (Å²) in [5, 5.41) is 3.59. The van der Waals surface area contributed by atoms with Crippen molar-refractivity contribution in [1.29, 1.82) is 0 Å². The number of likely N-dealkylation sites (tertiary alicyclic amines) is 1. The first-order valence-corrected chi connectivity index (χ1v) is 9.68. The Labute approximate surface area is 168 Å². The number of ether oxygens (including phenoxy) is 1. The van der Waals surface area contributed by atoms with E-state index in [0.717, 1.165) is 24.2 Å². The summed E-state index contributed by atoms with van der Waals surface area (Å²) in [6.45, 7) is 3.19. The number of pyridine rings is 1. The van der Waals surface area contributed by atoms with Crippen LogP contribution >= 0.6 is 11.6 Å². The first-order chi connectivity index (χ1) is 13.4. The molecule has 0 atom stereocenters. The quantitative estimate of drug-likeness (QED) is 0.784. The molecule has 2 aromatic rings. The maximum atomic E-state index is 12.8. The van der Waals surface area contributed by atoms with E-state index in [1.54, 1.807) is 36.3 Å². The summed E-state index contributed by atoms with van der Waals surface area (Å²) in [5.41, 5.74) is 1.88. The normalized spacial score (nSPS) is 17.6. The number of carbonyl (C=O) groups is 2. The van der Waals surface area contributed by atoms with Crippen LogP contribution < -0.4 is 10.1 Å². The number of nitrogens with zero attached hydrogens (tertiary/aromatic N) is 2. The molecule has 0 radical (unpaired) electrons. The van der Waals surface area contributed by atoms with Gasteiger partial charge in [0.1, 0.15) is 10.9 Å². The molecule has 1 saturated carbocycles. The lowest BCUT2D eigenvalue weighted by Gasteiger charge is -2.44. The fraction of sp³-hybridized carbons (Fsp3) is 0.381. The lowest BCUT2D eigenvalue weighted by atomic mass is 9.88. The number of amides is 2. The maximum absolute atomic E-state index is 12.8. The Morgan fingerprint density at radius 2 is 2.00 bits per heavy atom. The highest BCUT2D eigenvalue weighted by atomic mass is 35.5. The van der Waals surface area contributed by atoms with Crippen LogP contribution in [0, 0.1) is 12.8 Å². The van der Waals surface area contributed by atoms with Crippen molar-refractivity contribution in [2.75, 3.05) is 20.2 Å². The van der Waals surface area contributed by atoms with Crippen molar-refractivity contribution in [3.8, 4) is 5.75 Å². The van der Waals surface area contributed by atoms with Gasteiger partial charge in [0, 0.05) is 36.3 Å². The third-order valence-electron chi connectivity index (χ3n) is 5.75. The summed E-state index contributed by atoms with van der Waals surface area (Å²) in [7, 11) is 1.61. The molecule has 2 aliphatic rings. The molecule has 0 unspecified atom stereocenters. The summed E-state index contributed by atoms with van der Waals surface area (Å²) in [6, 6.07) is 8.76. The van der Waals surface area contributed by atoms with Gasteiger partial charge >= 0.3 is 0 Å². The first kappa shape index (κ1) is 18.7. The Morgan fingerprint density at radius 1 is 1.25 bits per heavy atom. The van der Waals surface area contributed by atoms with Crippen molar-refractivity contribution in [3.05, 3.63) is 58.4 Å². The van der Waals surface area contributed by atoms with Gasteiger partial charge in [-0.05, 0) is 55.7 Å². The van der Waals surface area contributed by atoms with E-state index in [1.165, 1.54) is 6.20 Å². The second-order valence-electron chi connectivity index (χ2n) is 7.57. The molecule has 1 aliphatic carbocycles. The van der Waals surface area contributed by atoms with Gasteiger partial charge in [-0.2, -0.15) is 0 Å². The molecule has 0 spiro atoms. The van der Waals surface area contributed by atoms with E-state index < -0.39 is 0 Å². The number of benzene rings is 1. The number of rotatable bonds is 5. The Hall–Kier alpha value is -2.60. The second-order valence-corrected chi connectivity index (χ2v) is 7.96. The minimum atomic E-state index is -0.196. The smallest absolute Gasteiger partial charge is 0.255 e. The van der Waals surface area contributed by atoms with E-state index in [2.05, 4.69) is 10.3 Å². The summed E-state index contributed by atoms with van der Waals surface area (Å²) in [4.78, 5) is 31.1. The highest BCUT2D eigenvalue weighted by molar-refractivity contribution is 6.29. The predicted molar refractivity (Wildman–Crippen MR) is 106 cm³/mol. The second kappa shape index (κ2) is 7.09. The topological polar surface area (TPSA) is 71.5 Å². The molecular weight excluding hydrogens is 378 g/mol. The fourth-order valence-electron chi connectivity index (χ4n) is 3.76. The molecule has 0 bridgehead atoms. The van der Waals surface area contributed by atoms with Crippen LogP contribution in [0.15, 0.2) is 36.5 Å². The van der Waals surface area contributed by atoms with Crippen LogP contribution in [-0.2, 0) is 0 Å². The molecule has 28 heavy (non-hydrogen) atoms. The van der Waals surface area contributed by atoms with Crippen molar-refractivity contribution in [2.45, 2.75) is 25.3 Å². The molecule has 146 valence electrons. The van der Waals surface area contributed by atoms with Gasteiger partial charge in [-0.1, -0.05) is 11.6 Å². The van der Waals surface area contributed by atoms with Gasteiger partial charge in [-0.25, -0.2) is 4.98 Å². The lowest BCUT2D eigenvalue weighted by molar-refractivity contribution is 0.0383. The highest BCUT2D eigenvalue weighted by Gasteiger charge is 2.55. The molecular formula is C21H22ClN3O3. The van der Waals surface area contributed by atoms with E-state index in [1.807, 2.05) is 13.0 Å². The molecule has 2 fully saturated rings. The van der Waals surface area contributed by atoms with Gasteiger partial charge in [-0.15, -0.1) is 0 Å². The van der Waals surface area contributed by atoms with Crippen molar-refractivity contribution < 1.29 is 14.3 Å². The number of methoxy groups -OCH3 is 1. The van der Waals surface area contributed by atoms with E-state index >= 15 is 0 Å². The first-order valence-electron chi connectivity index (χ1n) is 9.30. The van der Waals surface area contributed by atoms with Gasteiger partial charge in [-0.3, -0.25) is 9.59 Å². The van der Waals surface area contributed by atoms with Crippen LogP contribution in [0.1, 0.15) is 39.1 Å². The largest absolute Gasteiger partial charge is 0.497 e. The Morgan fingerprint density at radius 3 is 2.57 bits per heavy atom. The molecule has 7 heteroatoms. The van der Waals surface area contributed by atoms with E-state index in [9.17, 15) is 9.59 Å². The Balaban J connectivity index is 1.37. The molecule has 4 rings (SSSR count). The maximum Gasteiger partial charge on any atom is 0.255 e. The summed E-state index contributed by atoms with van der Waals surface area (Å²) < 4.78 is 5.20. The zero-order valence-corrected chi connectivity index (χ0v) is 16.6. The van der Waals surface area contributed by atoms with E-state index in [-0.39, 0.29) is 23.3 Å². The van der Waals surface area contributed by atoms with Gasteiger partial charge in [0.2, 0.25) is 0 Å². The third-order valence-corrected chi connectivity index (χ3v) is 5.98. The van der Waals surface area contributed by atoms with E-state index in [4.69, 9.17) is 16.3 Å². The SMILES string of the molecule is COc1ccc(C(=O)NC2(C3CN(C(=O)c4ccc(Cl)nc4)C3)CC2)c(C)c1. The third kappa shape index (κ3) is 3.44. The molecule has 1 saturated heterocycles. The molecule has 1 aromatic heterocycles. The highest BCUT2D eigenvalue weighted by Crippen LogP contribution is 2.46. The number of aryl methyl sites for hydroxylation is 1. The average molecular weight is 400 g/mol. The minimum Gasteiger partial charge on any atom is -0.497 e. The van der Waals surface area contributed by atoms with Gasteiger partial charge in [0.05, 0.1) is 12.7 Å². The fourth-order valence-corrected chi connectivity index (χ4v) is 3.87. The monoisotopic (exact) mass is 399 g/mol. The number of nitrogens with one attached hydrogen (secondary N) is 1. The summed E-state index contributed by atoms with van der Waals surface area (Å²) in [6.07, 6.45) is 3.39. The molecule has 2 amide bonds. The van der Waals surface area contributed by atoms with Crippen LogP contribution in [0.5, 0.6) is 5.75 Å². The number of carbonyl (C=O) groups excluding carboxylic acids is 2. The average Bonchev–Trinajstić information content (AvgIpc) is 3.40. The van der Waals surface area contributed by atoms with Crippen LogP contribution in [0.2, 0.25) is 5.15 Å². The van der Waals surface area contributed by atoms with E-state index in [0.29, 0.717) is 29.4 Å². The molecule has 1 N–H and O–H groups in total. The summed E-state index contributed by atoms with van der Waals surface area (Å²) in [5.74, 6) is 0.900. The number of hydrogen-bond donors (Lipinski definition) is 1. The number of aromatic nitrogens is 1. The minimum absolute atomic E-state index is 0.0476. The van der Waals surface area contributed by atoms with Crippen molar-refractivity contribution in [1.82, 2.24) is 15.2 Å². The Kier molecular flexibility index (Phi) is 4.75. The lowest BCUT2D eigenvalue weighted by Crippen LogP contribution is -2.59. The van der Waals surface area contributed by atoms with Crippen LogP contribution in [0.4, 0.5) is 0 Å². The Bertz CT molecular complexity index is 919. The molecule has 1 aromatic carbocycles. The van der Waals surface area contributed by atoms with Gasteiger partial charge < -0.3 is 15.0 Å². The van der Waals surface area contributed by atoms with Crippen molar-refractivity contribution in [2.24, 2.45) is 5.92 Å². The van der Waals surface area contributed by atoms with Gasteiger partial charge in [0.15, 0.2) is 0 Å². The number of hydrogen-bond acceptors (Lipinski definition) is 4. The van der Waals surface area contributed by atoms with Crippen LogP contribution in [0.25, 0.3) is 0 Å². The van der Waals surface area contributed by atoms with Crippen LogP contribution in [0.3, 0.4) is 0 Å². The number of halogens is 1. The van der Waals surface area contributed by atoms with Crippen LogP contribution in [-0.4, -0.2) is 47.4 Å². The van der Waals surface area contributed by atoms with Crippen molar-refractivity contribution in [3.63, 3.8) is 0 Å². The van der Waals surface area contributed by atoms with Gasteiger partial charge in [0.25, 0.3) is 11.8 Å². The molecule has 2 heterocycles. The molecule has 1 aliphatic heterocycles. The zero-order chi connectivity index (χ0) is 19.9. The van der Waals surface area contributed by atoms with Crippen molar-refractivity contribution >= 4 is 23.4 Å². The molecule has 6 nitrogen and oxygen atoms in total. The standard InChI is InChI=1S/C21H22ClN3O3/c1-13-9-16(28-2)4-5-17(13)19(26)24-21(7-8-21)15-11-25(12-15)20(27)14-3-6-18(22)23-10-14/h3-6,9-10,15H,7-8,11-12H2,1-2H3,(H,24,26).